The molecule has 1 N–H and O–H groups in total. The number of benzene rings is 1. The first kappa shape index (κ1) is 14.8. The lowest BCUT2D eigenvalue weighted by Crippen LogP contribution is -1.92. The summed E-state index contributed by atoms with van der Waals surface area (Å²) < 4.78 is 5.57. The normalized spacial score (nSPS) is 10.8. The minimum Gasteiger partial charge on any atom is -0.477 e. The predicted octanol–water partition coefficient (Wildman–Crippen LogP) is 4.72. The summed E-state index contributed by atoms with van der Waals surface area (Å²) in [6.45, 7) is 6.27. The number of aromatic nitrogens is 1. The number of rotatable bonds is 4. The molecule has 0 saturated carbocycles. The van der Waals surface area contributed by atoms with Crippen LogP contribution >= 0.6 is 22.9 Å². The molecule has 4 nitrogen and oxygen atoms in total. The first-order chi connectivity index (χ1) is 9.38. The van der Waals surface area contributed by atoms with Crippen LogP contribution in [0.4, 0.5) is 0 Å². The Hall–Kier alpha value is -1.59. The van der Waals surface area contributed by atoms with E-state index in [2.05, 4.69) is 18.8 Å². The maximum absolute atomic E-state index is 10.9. The summed E-state index contributed by atoms with van der Waals surface area (Å²) in [5.41, 5.74) is 2.37. The summed E-state index contributed by atoms with van der Waals surface area (Å²) in [4.78, 5) is 14.8. The number of nitrogens with zero attached hydrogens (tertiary/aromatic N) is 1. The highest BCUT2D eigenvalue weighted by Crippen LogP contribution is 2.33. The molecule has 0 fully saturated rings. The summed E-state index contributed by atoms with van der Waals surface area (Å²) in [5.74, 6) is -0.0417. The number of aryl methyl sites for hydroxylation is 1. The number of ether oxygens (including phenoxy) is 1. The van der Waals surface area contributed by atoms with Gasteiger partial charge in [-0.2, -0.15) is 4.98 Å². The number of thiazole rings is 1. The average molecular weight is 312 g/mol. The van der Waals surface area contributed by atoms with Crippen molar-refractivity contribution in [1.29, 1.82) is 0 Å². The van der Waals surface area contributed by atoms with Gasteiger partial charge in [-0.15, -0.1) is 0 Å². The molecule has 20 heavy (non-hydrogen) atoms. The molecule has 1 heterocycles. The zero-order valence-corrected chi connectivity index (χ0v) is 12.9. The van der Waals surface area contributed by atoms with Crippen molar-refractivity contribution < 1.29 is 14.6 Å². The van der Waals surface area contributed by atoms with Crippen LogP contribution in [0.1, 0.15) is 40.6 Å². The molecule has 0 bridgehead atoms. The Morgan fingerprint density at radius 1 is 1.45 bits per heavy atom. The zero-order chi connectivity index (χ0) is 14.9. The topological polar surface area (TPSA) is 59.4 Å². The molecule has 0 atom stereocenters. The smallest absolute Gasteiger partial charge is 0.349 e. The lowest BCUT2D eigenvalue weighted by atomic mass is 9.98. The van der Waals surface area contributed by atoms with Gasteiger partial charge in [0.05, 0.1) is 0 Å². The monoisotopic (exact) mass is 311 g/mol. The minimum atomic E-state index is -1.10. The Kier molecular flexibility index (Phi) is 4.30. The van der Waals surface area contributed by atoms with Gasteiger partial charge in [-0.05, 0) is 36.1 Å². The highest BCUT2D eigenvalue weighted by molar-refractivity contribution is 7.15. The number of carbonyl (C=O) groups is 1. The van der Waals surface area contributed by atoms with Crippen molar-refractivity contribution in [3.8, 4) is 10.9 Å². The van der Waals surface area contributed by atoms with Gasteiger partial charge in [-0.25, -0.2) is 4.79 Å². The van der Waals surface area contributed by atoms with E-state index in [1.807, 2.05) is 25.1 Å². The summed E-state index contributed by atoms with van der Waals surface area (Å²) in [7, 11) is 0. The third-order valence-electron chi connectivity index (χ3n) is 2.83. The van der Waals surface area contributed by atoms with E-state index in [9.17, 15) is 4.79 Å². The second-order valence-electron chi connectivity index (χ2n) is 4.68. The maximum Gasteiger partial charge on any atom is 0.349 e. The van der Waals surface area contributed by atoms with Gasteiger partial charge in [-0.3, -0.25) is 0 Å². The van der Waals surface area contributed by atoms with Gasteiger partial charge in [0.2, 0.25) is 0 Å². The SMILES string of the molecule is Cc1cc(Oc2nc(Cl)c(C(=O)O)s2)ccc1C(C)C. The molecule has 0 aliphatic carbocycles. The van der Waals surface area contributed by atoms with E-state index < -0.39 is 5.97 Å². The van der Waals surface area contributed by atoms with E-state index in [0.717, 1.165) is 16.9 Å². The molecule has 1 aromatic carbocycles. The first-order valence-corrected chi connectivity index (χ1v) is 7.26. The van der Waals surface area contributed by atoms with Gasteiger partial charge in [0.25, 0.3) is 5.19 Å². The Labute approximate surface area is 126 Å². The molecule has 2 aromatic rings. The minimum absolute atomic E-state index is 0.0165. The summed E-state index contributed by atoms with van der Waals surface area (Å²) in [6, 6.07) is 5.76. The standard InChI is InChI=1S/C14H14ClNO3S/c1-7(2)10-5-4-9(6-8(10)3)19-14-16-12(15)11(20-14)13(17)18/h4-7H,1-3H3,(H,17,18). The van der Waals surface area contributed by atoms with Crippen molar-refractivity contribution in [2.45, 2.75) is 26.7 Å². The molecule has 0 saturated heterocycles. The molecular weight excluding hydrogens is 298 g/mol. The van der Waals surface area contributed by atoms with Crippen LogP contribution in [0.25, 0.3) is 0 Å². The van der Waals surface area contributed by atoms with Crippen LogP contribution in [0, 0.1) is 6.92 Å². The van der Waals surface area contributed by atoms with Crippen LogP contribution in [-0.2, 0) is 0 Å². The summed E-state index contributed by atoms with van der Waals surface area (Å²) >= 11 is 6.66. The third-order valence-corrected chi connectivity index (χ3v) is 4.14. The van der Waals surface area contributed by atoms with Crippen molar-refractivity contribution in [2.24, 2.45) is 0 Å². The van der Waals surface area contributed by atoms with Gasteiger partial charge in [0, 0.05) is 0 Å². The first-order valence-electron chi connectivity index (χ1n) is 6.06. The molecule has 106 valence electrons. The van der Waals surface area contributed by atoms with Crippen molar-refractivity contribution in [3.63, 3.8) is 0 Å². The lowest BCUT2D eigenvalue weighted by molar-refractivity contribution is 0.0702. The van der Waals surface area contributed by atoms with Crippen LogP contribution in [0.5, 0.6) is 10.9 Å². The molecule has 0 spiro atoms. The van der Waals surface area contributed by atoms with E-state index >= 15 is 0 Å². The van der Waals surface area contributed by atoms with Crippen LogP contribution in [0.3, 0.4) is 0 Å². The van der Waals surface area contributed by atoms with Crippen LogP contribution in [-0.4, -0.2) is 16.1 Å². The van der Waals surface area contributed by atoms with E-state index in [1.54, 1.807) is 0 Å². The number of carboxylic acid groups (broad SMARTS) is 1. The number of aromatic carboxylic acids is 1. The second kappa shape index (κ2) is 5.81. The number of hydrogen-bond donors (Lipinski definition) is 1. The van der Waals surface area contributed by atoms with E-state index in [1.165, 1.54) is 5.56 Å². The molecule has 0 unspecified atom stereocenters. The van der Waals surface area contributed by atoms with Gasteiger partial charge >= 0.3 is 5.97 Å². The Morgan fingerprint density at radius 2 is 2.15 bits per heavy atom. The number of carboxylic acids is 1. The zero-order valence-electron chi connectivity index (χ0n) is 11.3. The fraction of sp³-hybridized carbons (Fsp3) is 0.286. The second-order valence-corrected chi connectivity index (χ2v) is 6.00. The largest absolute Gasteiger partial charge is 0.477 e. The molecule has 1 aromatic heterocycles. The Balaban J connectivity index is 2.24. The molecule has 0 aliphatic rings. The fourth-order valence-corrected chi connectivity index (χ4v) is 2.91. The fourth-order valence-electron chi connectivity index (χ4n) is 1.92. The summed E-state index contributed by atoms with van der Waals surface area (Å²) in [5, 5.41) is 9.09. The van der Waals surface area contributed by atoms with Crippen molar-refractivity contribution in [1.82, 2.24) is 4.98 Å². The Morgan fingerprint density at radius 3 is 2.65 bits per heavy atom. The molecule has 2 rings (SSSR count). The quantitative estimate of drug-likeness (QED) is 0.887. The van der Waals surface area contributed by atoms with Crippen LogP contribution in [0.2, 0.25) is 5.15 Å². The highest BCUT2D eigenvalue weighted by atomic mass is 35.5. The van der Waals surface area contributed by atoms with E-state index in [4.69, 9.17) is 21.4 Å². The molecule has 0 aliphatic heterocycles. The lowest BCUT2D eigenvalue weighted by Gasteiger charge is -2.11. The van der Waals surface area contributed by atoms with Crippen molar-refractivity contribution in [2.75, 3.05) is 0 Å². The highest BCUT2D eigenvalue weighted by Gasteiger charge is 2.17. The van der Waals surface area contributed by atoms with Gasteiger partial charge in [-0.1, -0.05) is 42.9 Å². The predicted molar refractivity (Wildman–Crippen MR) is 79.4 cm³/mol. The van der Waals surface area contributed by atoms with Gasteiger partial charge in [0.1, 0.15) is 5.75 Å². The Bertz CT molecular complexity index is 652. The van der Waals surface area contributed by atoms with Crippen LogP contribution in [0.15, 0.2) is 18.2 Å². The number of hydrogen-bond acceptors (Lipinski definition) is 4. The van der Waals surface area contributed by atoms with E-state index in [0.29, 0.717) is 11.7 Å². The van der Waals surface area contributed by atoms with Crippen LogP contribution < -0.4 is 4.74 Å². The van der Waals surface area contributed by atoms with Crippen molar-refractivity contribution in [3.05, 3.63) is 39.4 Å². The van der Waals surface area contributed by atoms with Gasteiger partial charge in [0.15, 0.2) is 10.0 Å². The average Bonchev–Trinajstić information content (AvgIpc) is 2.70. The molecule has 6 heteroatoms. The number of halogens is 1. The van der Waals surface area contributed by atoms with E-state index in [-0.39, 0.29) is 15.2 Å². The molecule has 0 amide bonds. The van der Waals surface area contributed by atoms with Gasteiger partial charge < -0.3 is 9.84 Å². The summed E-state index contributed by atoms with van der Waals surface area (Å²) in [6.07, 6.45) is 0. The molecule has 0 radical (unpaired) electrons. The van der Waals surface area contributed by atoms with Crippen molar-refractivity contribution >= 4 is 28.9 Å². The molecular formula is C14H14ClNO3S. The third kappa shape index (κ3) is 3.11. The maximum atomic E-state index is 10.9.